The normalized spacial score (nSPS) is 12.0. The molecule has 0 radical (unpaired) electrons. The van der Waals surface area contributed by atoms with Gasteiger partial charge in [0.2, 0.25) is 0 Å². The maximum Gasteiger partial charge on any atom is 0.270 e. The van der Waals surface area contributed by atoms with Crippen LogP contribution >= 0.6 is 23.4 Å². The highest BCUT2D eigenvalue weighted by atomic mass is 35.5. The van der Waals surface area contributed by atoms with Gasteiger partial charge in [0.25, 0.3) is 11.6 Å². The summed E-state index contributed by atoms with van der Waals surface area (Å²) in [5, 5.41) is 11.0. The Morgan fingerprint density at radius 1 is 1.55 bits per heavy atom. The van der Waals surface area contributed by atoms with Crippen LogP contribution in [0.2, 0.25) is 5.02 Å². The average Bonchev–Trinajstić information content (AvgIpc) is 2.43. The van der Waals surface area contributed by atoms with Gasteiger partial charge in [-0.1, -0.05) is 18.5 Å². The Bertz CT molecular complexity index is 510. The molecule has 0 aromatic heterocycles. The summed E-state index contributed by atoms with van der Waals surface area (Å²) < 4.78 is 0. The van der Waals surface area contributed by atoms with Gasteiger partial charge in [0.1, 0.15) is 0 Å². The van der Waals surface area contributed by atoms with Crippen LogP contribution in [0.3, 0.4) is 0 Å². The molecule has 1 unspecified atom stereocenters. The first-order valence-electron chi connectivity index (χ1n) is 6.12. The van der Waals surface area contributed by atoms with Crippen molar-refractivity contribution in [3.05, 3.63) is 38.9 Å². The van der Waals surface area contributed by atoms with E-state index in [-0.39, 0.29) is 28.2 Å². The van der Waals surface area contributed by atoms with Gasteiger partial charge in [0, 0.05) is 31.0 Å². The Hall–Kier alpha value is -1.27. The van der Waals surface area contributed by atoms with Crippen LogP contribution in [0.4, 0.5) is 5.69 Å². The Labute approximate surface area is 127 Å². The van der Waals surface area contributed by atoms with E-state index in [9.17, 15) is 14.9 Å². The first-order chi connectivity index (χ1) is 9.42. The van der Waals surface area contributed by atoms with Gasteiger partial charge >= 0.3 is 0 Å². The summed E-state index contributed by atoms with van der Waals surface area (Å²) in [4.78, 5) is 24.3. The zero-order valence-corrected chi connectivity index (χ0v) is 13.2. The molecule has 0 spiro atoms. The molecular formula is C13H17ClN2O3S. The third-order valence-corrected chi connectivity index (χ3v) is 4.14. The van der Waals surface area contributed by atoms with Gasteiger partial charge in [-0.05, 0) is 18.7 Å². The van der Waals surface area contributed by atoms with Crippen LogP contribution in [0, 0.1) is 10.1 Å². The summed E-state index contributed by atoms with van der Waals surface area (Å²) >= 11 is 7.64. The number of halogens is 1. The minimum atomic E-state index is -0.535. The average molecular weight is 317 g/mol. The molecule has 1 aromatic carbocycles. The van der Waals surface area contributed by atoms with Crippen molar-refractivity contribution in [3.63, 3.8) is 0 Å². The molecule has 5 nitrogen and oxygen atoms in total. The fourth-order valence-corrected chi connectivity index (χ4v) is 2.88. The molecule has 0 fully saturated rings. The predicted molar refractivity (Wildman–Crippen MR) is 82.7 cm³/mol. The first-order valence-corrected chi connectivity index (χ1v) is 7.89. The van der Waals surface area contributed by atoms with Gasteiger partial charge in [-0.3, -0.25) is 14.9 Å². The highest BCUT2D eigenvalue weighted by Gasteiger charge is 2.23. The first kappa shape index (κ1) is 16.8. The molecule has 20 heavy (non-hydrogen) atoms. The van der Waals surface area contributed by atoms with Crippen LogP contribution in [0.1, 0.15) is 23.7 Å². The van der Waals surface area contributed by atoms with Crippen molar-refractivity contribution in [1.29, 1.82) is 0 Å². The number of carbonyl (C=O) groups is 1. The van der Waals surface area contributed by atoms with Crippen molar-refractivity contribution in [2.45, 2.75) is 19.4 Å². The number of hydrogen-bond acceptors (Lipinski definition) is 4. The maximum atomic E-state index is 12.4. The molecule has 0 aliphatic carbocycles. The van der Waals surface area contributed by atoms with E-state index in [0.29, 0.717) is 0 Å². The van der Waals surface area contributed by atoms with Gasteiger partial charge in [-0.2, -0.15) is 11.8 Å². The van der Waals surface area contributed by atoms with Crippen LogP contribution in [0.25, 0.3) is 0 Å². The molecule has 1 amide bonds. The Kier molecular flexibility index (Phi) is 6.29. The van der Waals surface area contributed by atoms with E-state index in [2.05, 4.69) is 0 Å². The lowest BCUT2D eigenvalue weighted by Gasteiger charge is -2.27. The fraction of sp³-hybridized carbons (Fsp3) is 0.462. The molecule has 0 aliphatic rings. The SMILES string of the molecule is CCC(CSC)N(C)C(=O)c1cc([N+](=O)[O-])ccc1Cl. The third kappa shape index (κ3) is 3.86. The van der Waals surface area contributed by atoms with Gasteiger partial charge < -0.3 is 4.90 Å². The van der Waals surface area contributed by atoms with E-state index < -0.39 is 4.92 Å². The van der Waals surface area contributed by atoms with E-state index in [4.69, 9.17) is 11.6 Å². The van der Waals surface area contributed by atoms with E-state index in [1.165, 1.54) is 18.2 Å². The smallest absolute Gasteiger partial charge is 0.270 e. The number of nitro groups is 1. The topological polar surface area (TPSA) is 63.5 Å². The van der Waals surface area contributed by atoms with Crippen molar-refractivity contribution >= 4 is 35.0 Å². The minimum Gasteiger partial charge on any atom is -0.338 e. The van der Waals surface area contributed by atoms with E-state index in [0.717, 1.165) is 12.2 Å². The van der Waals surface area contributed by atoms with Crippen molar-refractivity contribution < 1.29 is 9.72 Å². The predicted octanol–water partition coefficient (Wildman–Crippen LogP) is 3.46. The summed E-state index contributed by atoms with van der Waals surface area (Å²) in [6.07, 6.45) is 2.79. The Morgan fingerprint density at radius 3 is 2.70 bits per heavy atom. The van der Waals surface area contributed by atoms with Gasteiger partial charge in [0.05, 0.1) is 15.5 Å². The summed E-state index contributed by atoms with van der Waals surface area (Å²) in [5.74, 6) is 0.519. The summed E-state index contributed by atoms with van der Waals surface area (Å²) in [7, 11) is 1.70. The molecule has 7 heteroatoms. The lowest BCUT2D eigenvalue weighted by atomic mass is 10.1. The number of rotatable bonds is 6. The van der Waals surface area contributed by atoms with Crippen LogP contribution in [-0.2, 0) is 0 Å². The van der Waals surface area contributed by atoms with Gasteiger partial charge in [-0.25, -0.2) is 0 Å². The quantitative estimate of drug-likeness (QED) is 0.595. The van der Waals surface area contributed by atoms with E-state index in [1.54, 1.807) is 23.7 Å². The monoisotopic (exact) mass is 316 g/mol. The standard InChI is InChI=1S/C13H17ClN2O3S/c1-4-9(8-20-3)15(2)13(17)11-7-10(16(18)19)5-6-12(11)14/h5-7,9H,4,8H2,1-3H3. The summed E-state index contributed by atoms with van der Waals surface area (Å²) in [5.41, 5.74) is 0.0342. The Morgan fingerprint density at radius 2 is 2.20 bits per heavy atom. The maximum absolute atomic E-state index is 12.4. The van der Waals surface area contributed by atoms with Crippen molar-refractivity contribution in [3.8, 4) is 0 Å². The molecule has 1 aromatic rings. The van der Waals surface area contributed by atoms with Crippen LogP contribution in [-0.4, -0.2) is 40.8 Å². The molecule has 0 saturated carbocycles. The molecule has 0 bridgehead atoms. The second-order valence-corrected chi connectivity index (χ2v) is 5.67. The van der Waals surface area contributed by atoms with Crippen LogP contribution in [0.5, 0.6) is 0 Å². The fourth-order valence-electron chi connectivity index (χ4n) is 1.84. The highest BCUT2D eigenvalue weighted by Crippen LogP contribution is 2.24. The molecule has 110 valence electrons. The van der Waals surface area contributed by atoms with Crippen LogP contribution < -0.4 is 0 Å². The number of hydrogen-bond donors (Lipinski definition) is 0. The number of amides is 1. The van der Waals surface area contributed by atoms with Crippen molar-refractivity contribution in [2.75, 3.05) is 19.1 Å². The largest absolute Gasteiger partial charge is 0.338 e. The molecule has 0 aliphatic heterocycles. The number of nitrogens with zero attached hydrogens (tertiary/aromatic N) is 2. The van der Waals surface area contributed by atoms with Crippen molar-refractivity contribution in [2.24, 2.45) is 0 Å². The molecule has 1 atom stereocenters. The number of thioether (sulfide) groups is 1. The zero-order valence-electron chi connectivity index (χ0n) is 11.6. The molecule has 0 heterocycles. The molecule has 1 rings (SSSR count). The lowest BCUT2D eigenvalue weighted by molar-refractivity contribution is -0.384. The second-order valence-electron chi connectivity index (χ2n) is 4.35. The van der Waals surface area contributed by atoms with E-state index in [1.807, 2.05) is 13.2 Å². The number of non-ortho nitro benzene ring substituents is 1. The van der Waals surface area contributed by atoms with E-state index >= 15 is 0 Å². The number of nitro benzene ring substituents is 1. The van der Waals surface area contributed by atoms with Gasteiger partial charge in [0.15, 0.2) is 0 Å². The summed E-state index contributed by atoms with van der Waals surface area (Å²) in [6, 6.07) is 3.98. The van der Waals surface area contributed by atoms with Gasteiger partial charge in [-0.15, -0.1) is 0 Å². The highest BCUT2D eigenvalue weighted by molar-refractivity contribution is 7.98. The number of carbonyl (C=O) groups excluding carboxylic acids is 1. The molecule has 0 saturated heterocycles. The Balaban J connectivity index is 3.07. The molecular weight excluding hydrogens is 300 g/mol. The second kappa shape index (κ2) is 7.50. The summed E-state index contributed by atoms with van der Waals surface area (Å²) in [6.45, 7) is 2.00. The zero-order chi connectivity index (χ0) is 15.3. The number of benzene rings is 1. The van der Waals surface area contributed by atoms with Crippen LogP contribution in [0.15, 0.2) is 18.2 Å². The third-order valence-electron chi connectivity index (χ3n) is 3.09. The minimum absolute atomic E-state index is 0.0767. The lowest BCUT2D eigenvalue weighted by Crippen LogP contribution is -2.38. The molecule has 0 N–H and O–H groups in total. The van der Waals surface area contributed by atoms with Crippen molar-refractivity contribution in [1.82, 2.24) is 4.90 Å².